The summed E-state index contributed by atoms with van der Waals surface area (Å²) in [4.78, 5) is 13.0. The Morgan fingerprint density at radius 1 is 1.09 bits per heavy atom. The first-order valence-electron chi connectivity index (χ1n) is 10.4. The summed E-state index contributed by atoms with van der Waals surface area (Å²) in [6.45, 7) is 0.230. The van der Waals surface area contributed by atoms with Gasteiger partial charge in [0.2, 0.25) is 15.9 Å². The third kappa shape index (κ3) is 3.89. The van der Waals surface area contributed by atoms with Crippen molar-refractivity contribution in [2.45, 2.75) is 42.7 Å². The molecule has 11 heteroatoms. The molecular formula is C21H21FN6O3S. The second-order valence-electron chi connectivity index (χ2n) is 7.98. The van der Waals surface area contributed by atoms with Gasteiger partial charge in [0.25, 0.3) is 0 Å². The topological polar surface area (TPSA) is 110 Å². The maximum absolute atomic E-state index is 13.2. The number of hydrogen-bond donors (Lipinski definition) is 1. The first-order chi connectivity index (χ1) is 15.4. The molecule has 2 fully saturated rings. The first kappa shape index (κ1) is 20.7. The van der Waals surface area contributed by atoms with Gasteiger partial charge in [-0.3, -0.25) is 4.79 Å². The van der Waals surface area contributed by atoms with E-state index >= 15 is 0 Å². The van der Waals surface area contributed by atoms with Crippen LogP contribution in [0.15, 0.2) is 53.4 Å². The van der Waals surface area contributed by atoms with Crippen molar-refractivity contribution in [1.29, 1.82) is 0 Å². The van der Waals surface area contributed by atoms with Crippen LogP contribution in [0.5, 0.6) is 0 Å². The molecule has 1 unspecified atom stereocenters. The van der Waals surface area contributed by atoms with Crippen LogP contribution < -0.4 is 5.32 Å². The van der Waals surface area contributed by atoms with Gasteiger partial charge in [-0.2, -0.15) is 4.31 Å². The van der Waals surface area contributed by atoms with Gasteiger partial charge in [0.05, 0.1) is 10.9 Å². The summed E-state index contributed by atoms with van der Waals surface area (Å²) in [5, 5.41) is 14.7. The van der Waals surface area contributed by atoms with Gasteiger partial charge in [0.1, 0.15) is 11.9 Å². The summed E-state index contributed by atoms with van der Waals surface area (Å²) in [5.74, 6) is -0.302. The van der Waals surface area contributed by atoms with Crippen LogP contribution in [0.3, 0.4) is 0 Å². The molecular weight excluding hydrogens is 435 g/mol. The molecule has 2 aromatic carbocycles. The number of nitrogens with one attached hydrogen (secondary N) is 1. The molecule has 9 nitrogen and oxygen atoms in total. The van der Waals surface area contributed by atoms with Crippen molar-refractivity contribution < 1.29 is 17.6 Å². The van der Waals surface area contributed by atoms with Crippen LogP contribution in [-0.2, 0) is 14.8 Å². The Hall–Kier alpha value is -3.18. The van der Waals surface area contributed by atoms with Crippen molar-refractivity contribution >= 4 is 21.6 Å². The fraction of sp³-hybridized carbons (Fsp3) is 0.333. The summed E-state index contributed by atoms with van der Waals surface area (Å²) in [6, 6.07) is 11.2. The zero-order valence-corrected chi connectivity index (χ0v) is 17.9. The Morgan fingerprint density at radius 3 is 2.62 bits per heavy atom. The van der Waals surface area contributed by atoms with E-state index < -0.39 is 27.8 Å². The average molecular weight is 457 g/mol. The summed E-state index contributed by atoms with van der Waals surface area (Å²) in [6.07, 6.45) is 3.05. The van der Waals surface area contributed by atoms with Crippen LogP contribution in [0, 0.1) is 5.82 Å². The minimum absolute atomic E-state index is 0.0347. The number of benzene rings is 2. The van der Waals surface area contributed by atoms with E-state index in [0.29, 0.717) is 30.4 Å². The largest absolute Gasteiger partial charge is 0.325 e. The molecule has 1 saturated carbocycles. The highest BCUT2D eigenvalue weighted by Gasteiger charge is 2.39. The Balaban J connectivity index is 1.35. The molecule has 1 aliphatic carbocycles. The molecule has 2 heterocycles. The second kappa shape index (κ2) is 8.06. The van der Waals surface area contributed by atoms with E-state index in [4.69, 9.17) is 0 Å². The average Bonchev–Trinajstić information content (AvgIpc) is 3.29. The molecule has 3 aromatic rings. The molecule has 1 aromatic heterocycles. The predicted molar refractivity (Wildman–Crippen MR) is 113 cm³/mol. The van der Waals surface area contributed by atoms with Crippen molar-refractivity contribution in [3.8, 4) is 11.4 Å². The molecule has 1 N–H and O–H groups in total. The molecule has 0 spiro atoms. The molecule has 0 radical (unpaired) electrons. The number of tetrazole rings is 1. The standard InChI is InChI=1S/C21H21FN6O3S/c22-15-6-10-18(11-7-15)32(30,31)27-12-2-5-19(27)21(29)23-16-4-1-3-14(13-16)20-24-25-26-28(20)17-8-9-17/h1,3-4,6-7,10-11,13,17,19H,2,5,8-9,12H2,(H,23,29). The predicted octanol–water partition coefficient (Wildman–Crippen LogP) is 2.61. The molecule has 5 rings (SSSR count). The number of nitrogens with zero attached hydrogens (tertiary/aromatic N) is 5. The number of aromatic nitrogens is 4. The normalized spacial score (nSPS) is 19.2. The smallest absolute Gasteiger partial charge is 0.243 e. The third-order valence-corrected chi connectivity index (χ3v) is 7.62. The minimum atomic E-state index is -3.92. The van der Waals surface area contributed by atoms with E-state index in [0.717, 1.165) is 30.5 Å². The first-order valence-corrected chi connectivity index (χ1v) is 11.8. The van der Waals surface area contributed by atoms with E-state index in [2.05, 4.69) is 20.8 Å². The van der Waals surface area contributed by atoms with Gasteiger partial charge in [0, 0.05) is 17.8 Å². The van der Waals surface area contributed by atoms with Gasteiger partial charge in [-0.25, -0.2) is 17.5 Å². The Labute approximate surface area is 184 Å². The third-order valence-electron chi connectivity index (χ3n) is 5.70. The van der Waals surface area contributed by atoms with Gasteiger partial charge in [-0.1, -0.05) is 12.1 Å². The highest BCUT2D eigenvalue weighted by molar-refractivity contribution is 7.89. The van der Waals surface area contributed by atoms with Crippen molar-refractivity contribution in [3.05, 3.63) is 54.3 Å². The number of carbonyl (C=O) groups is 1. The molecule has 1 saturated heterocycles. The van der Waals surface area contributed by atoms with Crippen molar-refractivity contribution in [3.63, 3.8) is 0 Å². The van der Waals surface area contributed by atoms with Crippen molar-refractivity contribution in [1.82, 2.24) is 24.5 Å². The quantitative estimate of drug-likeness (QED) is 0.611. The fourth-order valence-electron chi connectivity index (χ4n) is 3.94. The van der Waals surface area contributed by atoms with E-state index in [1.54, 1.807) is 22.9 Å². The van der Waals surface area contributed by atoms with Crippen LogP contribution in [0.1, 0.15) is 31.7 Å². The monoisotopic (exact) mass is 456 g/mol. The summed E-state index contributed by atoms with van der Waals surface area (Å²) >= 11 is 0. The maximum atomic E-state index is 13.2. The number of amides is 1. The number of carbonyl (C=O) groups excluding carboxylic acids is 1. The summed E-state index contributed by atoms with van der Waals surface area (Å²) in [5.41, 5.74) is 1.30. The van der Waals surface area contributed by atoms with Gasteiger partial charge < -0.3 is 5.32 Å². The molecule has 1 amide bonds. The van der Waals surface area contributed by atoms with Crippen LogP contribution in [-0.4, -0.2) is 51.4 Å². The van der Waals surface area contributed by atoms with E-state index in [9.17, 15) is 17.6 Å². The van der Waals surface area contributed by atoms with Crippen LogP contribution >= 0.6 is 0 Å². The number of halogens is 1. The zero-order chi connectivity index (χ0) is 22.3. The molecule has 2 aliphatic rings. The van der Waals surface area contributed by atoms with E-state index in [1.807, 2.05) is 6.07 Å². The van der Waals surface area contributed by atoms with Gasteiger partial charge in [-0.05, 0) is 72.5 Å². The van der Waals surface area contributed by atoms with Crippen molar-refractivity contribution in [2.75, 3.05) is 11.9 Å². The Kier molecular flexibility index (Phi) is 5.22. The molecule has 166 valence electrons. The molecule has 1 aliphatic heterocycles. The number of hydrogen-bond acceptors (Lipinski definition) is 6. The van der Waals surface area contributed by atoms with Crippen LogP contribution in [0.2, 0.25) is 0 Å². The van der Waals surface area contributed by atoms with Crippen molar-refractivity contribution in [2.24, 2.45) is 0 Å². The SMILES string of the molecule is O=C(Nc1cccc(-c2nnnn2C2CC2)c1)C1CCCN1S(=O)(=O)c1ccc(F)cc1. The van der Waals surface area contributed by atoms with E-state index in [-0.39, 0.29) is 11.4 Å². The lowest BCUT2D eigenvalue weighted by Gasteiger charge is -2.23. The molecule has 1 atom stereocenters. The molecule has 0 bridgehead atoms. The lowest BCUT2D eigenvalue weighted by molar-refractivity contribution is -0.119. The number of rotatable bonds is 6. The van der Waals surface area contributed by atoms with Crippen LogP contribution in [0.25, 0.3) is 11.4 Å². The Morgan fingerprint density at radius 2 is 1.88 bits per heavy atom. The van der Waals surface area contributed by atoms with Crippen LogP contribution in [0.4, 0.5) is 10.1 Å². The highest BCUT2D eigenvalue weighted by atomic mass is 32.2. The lowest BCUT2D eigenvalue weighted by atomic mass is 10.1. The highest BCUT2D eigenvalue weighted by Crippen LogP contribution is 2.37. The zero-order valence-electron chi connectivity index (χ0n) is 17.1. The molecule has 32 heavy (non-hydrogen) atoms. The van der Waals surface area contributed by atoms with Gasteiger partial charge in [0.15, 0.2) is 5.82 Å². The van der Waals surface area contributed by atoms with Gasteiger partial charge >= 0.3 is 0 Å². The number of anilines is 1. The summed E-state index contributed by atoms with van der Waals surface area (Å²) in [7, 11) is -3.92. The van der Waals surface area contributed by atoms with Gasteiger partial charge in [-0.15, -0.1) is 5.10 Å². The Bertz CT molecular complexity index is 1260. The van der Waals surface area contributed by atoms with E-state index in [1.165, 1.54) is 16.4 Å². The second-order valence-corrected chi connectivity index (χ2v) is 9.87. The maximum Gasteiger partial charge on any atom is 0.243 e. The minimum Gasteiger partial charge on any atom is -0.325 e. The lowest BCUT2D eigenvalue weighted by Crippen LogP contribution is -2.43. The summed E-state index contributed by atoms with van der Waals surface area (Å²) < 4.78 is 42.3. The number of sulfonamides is 1. The fourth-order valence-corrected chi connectivity index (χ4v) is 5.60.